The van der Waals surface area contributed by atoms with Crippen molar-refractivity contribution in [2.45, 2.75) is 84.3 Å². The van der Waals surface area contributed by atoms with Gasteiger partial charge >= 0.3 is 33.8 Å². The summed E-state index contributed by atoms with van der Waals surface area (Å²) in [5.41, 5.74) is 20.9. The SMILES string of the molecule is CCOC(=O)SCCN.CCOC(=O)SCCNC(=O)CCC(N)C(=O)O.CCOC(=O)SCCNC(=O)CCC(N)C(C)=O.NC(CCC(=O)O)C(=O)O. The molecule has 0 spiro atoms. The van der Waals surface area contributed by atoms with Crippen LogP contribution in [-0.4, -0.2) is 142 Å². The summed E-state index contributed by atoms with van der Waals surface area (Å²) in [5.74, 6) is -2.39. The number of carbonyl (C=O) groups is 9. The maximum Gasteiger partial charge on any atom is 0.367 e. The molecule has 0 aromatic rings. The number of carboxylic acid groups (broad SMARTS) is 3. The molecule has 13 N–H and O–H groups in total. The Balaban J connectivity index is -0.000000330. The number of hydrogen-bond donors (Lipinski definition) is 9. The maximum atomic E-state index is 11.3. The number of Topliss-reactive ketones (excluding diaryl/α,β-unsaturated/α-hetero) is 1. The topological polar surface area (TPSA) is 370 Å². The minimum absolute atomic E-state index is 0.0231. The number of amides is 2. The predicted molar refractivity (Wildman–Crippen MR) is 209 cm³/mol. The summed E-state index contributed by atoms with van der Waals surface area (Å²) in [7, 11) is 0. The van der Waals surface area contributed by atoms with Gasteiger partial charge in [0, 0.05) is 56.2 Å². The lowest BCUT2D eigenvalue weighted by atomic mass is 10.1. The standard InChI is InChI=1S/C11H20N2O4S.C10H18N2O5S.C5H9NO4.C5H11NO2S/c1-3-17-11(16)18-7-6-13-10(15)5-4-9(12)8(2)14;1-2-17-10(16)18-6-5-12-8(13)4-3-7(11)9(14)15;6-3(5(9)10)1-2-4(7)8;1-2-8-5(7)9-4-3-6/h9H,3-7,12H2,1-2H3,(H,13,15);7H,2-6,11H2,1H3,(H,12,13)(H,14,15);3H,1-2,6H2,(H,7,8)(H,9,10);2-4,6H2,1H3. The molecule has 21 nitrogen and oxygen atoms in total. The molecule has 0 saturated heterocycles. The maximum absolute atomic E-state index is 11.3. The second kappa shape index (κ2) is 40.0. The van der Waals surface area contributed by atoms with Crippen molar-refractivity contribution in [2.24, 2.45) is 22.9 Å². The molecule has 2 amide bonds. The predicted octanol–water partition coefficient (Wildman–Crippen LogP) is 0.971. The largest absolute Gasteiger partial charge is 0.481 e. The molecule has 3 unspecified atom stereocenters. The number of ether oxygens (including phenoxy) is 3. The van der Waals surface area contributed by atoms with Gasteiger partial charge in [-0.2, -0.15) is 0 Å². The van der Waals surface area contributed by atoms with Crippen molar-refractivity contribution in [1.29, 1.82) is 0 Å². The van der Waals surface area contributed by atoms with Gasteiger partial charge in [0.1, 0.15) is 17.9 Å². The third-order valence-electron chi connectivity index (χ3n) is 5.60. The molecule has 24 heteroatoms. The first kappa shape index (κ1) is 58.0. The molecule has 0 aliphatic heterocycles. The van der Waals surface area contributed by atoms with Gasteiger partial charge in [0.15, 0.2) is 0 Å². The first-order valence-electron chi connectivity index (χ1n) is 16.9. The summed E-state index contributed by atoms with van der Waals surface area (Å²) in [6, 6.07) is -2.66. The van der Waals surface area contributed by atoms with E-state index in [0.29, 0.717) is 63.1 Å². The number of nitrogens with two attached hydrogens (primary N) is 4. The first-order valence-corrected chi connectivity index (χ1v) is 19.8. The van der Waals surface area contributed by atoms with E-state index in [2.05, 4.69) is 20.1 Å². The summed E-state index contributed by atoms with van der Waals surface area (Å²) in [5, 5.41) is 29.0. The van der Waals surface area contributed by atoms with Crippen LogP contribution < -0.4 is 33.6 Å². The molecule has 0 heterocycles. The van der Waals surface area contributed by atoms with Crippen LogP contribution in [0.4, 0.5) is 14.4 Å². The fraction of sp³-hybridized carbons (Fsp3) is 0.710. The van der Waals surface area contributed by atoms with Crippen molar-refractivity contribution in [3.05, 3.63) is 0 Å². The molecule has 320 valence electrons. The van der Waals surface area contributed by atoms with Gasteiger partial charge in [-0.3, -0.25) is 28.8 Å². The van der Waals surface area contributed by atoms with Crippen LogP contribution in [0.2, 0.25) is 0 Å². The lowest BCUT2D eigenvalue weighted by Crippen LogP contribution is -2.33. The highest BCUT2D eigenvalue weighted by molar-refractivity contribution is 8.13. The zero-order valence-electron chi connectivity index (χ0n) is 31.6. The Bertz CT molecular complexity index is 1100. The van der Waals surface area contributed by atoms with E-state index in [1.807, 2.05) is 0 Å². The third-order valence-corrected chi connectivity index (χ3v) is 7.92. The normalized spacial score (nSPS) is 11.4. The van der Waals surface area contributed by atoms with Gasteiger partial charge in [-0.15, -0.1) is 0 Å². The molecule has 0 saturated carbocycles. The molecule has 0 aliphatic rings. The van der Waals surface area contributed by atoms with Gasteiger partial charge in [0.2, 0.25) is 11.8 Å². The van der Waals surface area contributed by atoms with E-state index in [1.54, 1.807) is 20.8 Å². The van der Waals surface area contributed by atoms with Gasteiger partial charge in [0.05, 0.1) is 25.9 Å². The number of ketones is 1. The van der Waals surface area contributed by atoms with Crippen LogP contribution >= 0.6 is 35.3 Å². The Morgan fingerprint density at radius 3 is 1.18 bits per heavy atom. The molecule has 0 bridgehead atoms. The smallest absolute Gasteiger partial charge is 0.367 e. The van der Waals surface area contributed by atoms with Crippen LogP contribution in [0.1, 0.15) is 66.2 Å². The number of carbonyl (C=O) groups excluding carboxylic acids is 6. The number of hydrogen-bond acceptors (Lipinski definition) is 19. The van der Waals surface area contributed by atoms with Crippen LogP contribution in [0, 0.1) is 0 Å². The summed E-state index contributed by atoms with van der Waals surface area (Å²) in [6.07, 6.45) is 0.471. The zero-order chi connectivity index (χ0) is 43.2. The quantitative estimate of drug-likeness (QED) is 0.0393. The highest BCUT2D eigenvalue weighted by Crippen LogP contribution is 2.05. The van der Waals surface area contributed by atoms with Crippen LogP contribution in [0.3, 0.4) is 0 Å². The lowest BCUT2D eigenvalue weighted by Gasteiger charge is -2.08. The minimum atomic E-state index is -1.17. The fourth-order valence-electron chi connectivity index (χ4n) is 2.75. The number of rotatable bonds is 23. The van der Waals surface area contributed by atoms with Crippen LogP contribution in [0.15, 0.2) is 0 Å². The van der Waals surface area contributed by atoms with Gasteiger partial charge < -0.3 is 63.1 Å². The summed E-state index contributed by atoms with van der Waals surface area (Å²) in [6.45, 7) is 8.97. The van der Waals surface area contributed by atoms with Gasteiger partial charge in [-0.05, 0) is 82.2 Å². The average Bonchev–Trinajstić information content (AvgIpc) is 3.12. The van der Waals surface area contributed by atoms with E-state index < -0.39 is 36.0 Å². The summed E-state index contributed by atoms with van der Waals surface area (Å²) < 4.78 is 14.0. The van der Waals surface area contributed by atoms with Crippen molar-refractivity contribution < 1.29 is 72.7 Å². The Hall–Kier alpha value is -3.68. The lowest BCUT2D eigenvalue weighted by molar-refractivity contribution is -0.141. The van der Waals surface area contributed by atoms with Gasteiger partial charge in [0.25, 0.3) is 0 Å². The second-order valence-electron chi connectivity index (χ2n) is 10.2. The number of aliphatic carboxylic acids is 3. The highest BCUT2D eigenvalue weighted by Gasteiger charge is 2.14. The third kappa shape index (κ3) is 46.4. The molecular weight excluding hydrogens is 793 g/mol. The fourth-order valence-corrected chi connectivity index (χ4v) is 4.38. The van der Waals surface area contributed by atoms with Crippen molar-refractivity contribution in [1.82, 2.24) is 10.6 Å². The zero-order valence-corrected chi connectivity index (χ0v) is 34.1. The minimum Gasteiger partial charge on any atom is -0.481 e. The molecule has 0 aromatic carbocycles. The molecule has 0 rings (SSSR count). The van der Waals surface area contributed by atoms with E-state index in [0.717, 1.165) is 35.3 Å². The Morgan fingerprint density at radius 2 is 0.891 bits per heavy atom. The van der Waals surface area contributed by atoms with E-state index in [1.165, 1.54) is 6.92 Å². The molecule has 55 heavy (non-hydrogen) atoms. The molecule has 0 radical (unpaired) electrons. The second-order valence-corrected chi connectivity index (χ2v) is 13.3. The van der Waals surface area contributed by atoms with Crippen molar-refractivity contribution in [3.8, 4) is 0 Å². The average molecular weight is 851 g/mol. The van der Waals surface area contributed by atoms with Crippen LogP contribution in [0.5, 0.6) is 0 Å². The van der Waals surface area contributed by atoms with Crippen molar-refractivity contribution in [2.75, 3.05) is 56.7 Å². The number of thioether (sulfide) groups is 3. The first-order chi connectivity index (χ1) is 25.8. The molecule has 3 atom stereocenters. The highest BCUT2D eigenvalue weighted by atomic mass is 32.2. The van der Waals surface area contributed by atoms with E-state index in [-0.39, 0.29) is 65.6 Å². The Morgan fingerprint density at radius 1 is 0.564 bits per heavy atom. The van der Waals surface area contributed by atoms with Gasteiger partial charge in [-0.25, -0.2) is 14.4 Å². The van der Waals surface area contributed by atoms with E-state index in [9.17, 15) is 43.2 Å². The molecule has 0 fully saturated rings. The van der Waals surface area contributed by atoms with E-state index in [4.69, 9.17) is 43.0 Å². The Labute approximate surface area is 333 Å². The Kier molecular flexibility index (Phi) is 42.2. The molecular formula is C31H58N6O15S3. The van der Waals surface area contributed by atoms with Crippen molar-refractivity contribution >= 4 is 86.7 Å². The number of nitrogens with one attached hydrogen (secondary N) is 2. The van der Waals surface area contributed by atoms with Crippen LogP contribution in [-0.2, 0) is 43.0 Å². The van der Waals surface area contributed by atoms with Crippen molar-refractivity contribution in [3.63, 3.8) is 0 Å². The molecule has 0 aromatic heterocycles. The molecule has 0 aliphatic carbocycles. The monoisotopic (exact) mass is 850 g/mol. The van der Waals surface area contributed by atoms with E-state index >= 15 is 0 Å². The summed E-state index contributed by atoms with van der Waals surface area (Å²) in [4.78, 5) is 96.1. The van der Waals surface area contributed by atoms with Gasteiger partial charge in [-0.1, -0.05) is 0 Å². The van der Waals surface area contributed by atoms with Crippen LogP contribution in [0.25, 0.3) is 0 Å². The number of carboxylic acids is 3. The summed E-state index contributed by atoms with van der Waals surface area (Å²) >= 11 is 3.11.